The second-order valence-electron chi connectivity index (χ2n) is 4.92. The molecule has 1 N–H and O–H groups in total. The number of pyridine rings is 1. The van der Waals surface area contributed by atoms with Crippen molar-refractivity contribution in [1.29, 1.82) is 0 Å². The van der Waals surface area contributed by atoms with E-state index in [2.05, 4.69) is 17.1 Å². The summed E-state index contributed by atoms with van der Waals surface area (Å²) in [6.07, 6.45) is 7.76. The molecule has 1 atom stereocenters. The van der Waals surface area contributed by atoms with Crippen LogP contribution in [0.5, 0.6) is 0 Å². The largest absolute Gasteiger partial charge is 0.384 e. The Morgan fingerprint density at radius 2 is 1.83 bits per heavy atom. The van der Waals surface area contributed by atoms with Crippen LogP contribution < -0.4 is 0 Å². The molecule has 18 heavy (non-hydrogen) atoms. The van der Waals surface area contributed by atoms with Gasteiger partial charge in [-0.1, -0.05) is 24.3 Å². The third-order valence-corrected chi connectivity index (χ3v) is 3.69. The number of aliphatic hydroxyl groups excluding tert-OH is 1. The minimum absolute atomic E-state index is 0.564. The average molecular weight is 239 g/mol. The zero-order chi connectivity index (χ0) is 12.4. The first-order chi connectivity index (χ1) is 8.84. The lowest BCUT2D eigenvalue weighted by Gasteiger charge is -2.18. The number of fused-ring (bicyclic) bond motifs is 1. The topological polar surface area (TPSA) is 33.1 Å². The van der Waals surface area contributed by atoms with Crippen LogP contribution in [0.25, 0.3) is 0 Å². The van der Waals surface area contributed by atoms with E-state index in [0.717, 1.165) is 17.5 Å². The van der Waals surface area contributed by atoms with Crippen molar-refractivity contribution < 1.29 is 5.11 Å². The molecule has 2 aromatic rings. The summed E-state index contributed by atoms with van der Waals surface area (Å²) >= 11 is 0. The first kappa shape index (κ1) is 11.4. The summed E-state index contributed by atoms with van der Waals surface area (Å²) in [6.45, 7) is 0. The molecule has 3 rings (SSSR count). The van der Waals surface area contributed by atoms with E-state index >= 15 is 0 Å². The number of hydrogen-bond donors (Lipinski definition) is 1. The first-order valence-electron chi connectivity index (χ1n) is 6.54. The maximum Gasteiger partial charge on any atom is 0.106 e. The summed E-state index contributed by atoms with van der Waals surface area (Å²) in [7, 11) is 0. The fourth-order valence-corrected chi connectivity index (χ4v) is 2.65. The van der Waals surface area contributed by atoms with Gasteiger partial charge >= 0.3 is 0 Å². The molecule has 0 radical (unpaired) electrons. The highest BCUT2D eigenvalue weighted by atomic mass is 16.3. The number of nitrogens with zero attached hydrogens (tertiary/aromatic N) is 1. The molecule has 1 aliphatic carbocycles. The van der Waals surface area contributed by atoms with Crippen LogP contribution in [0.15, 0.2) is 42.7 Å². The molecule has 2 nitrogen and oxygen atoms in total. The lowest BCUT2D eigenvalue weighted by atomic mass is 9.89. The summed E-state index contributed by atoms with van der Waals surface area (Å²) in [6, 6.07) is 10.1. The standard InChI is InChI=1S/C16H17NO/c18-16(15-6-3-9-17-11-15)14-8-7-12-4-1-2-5-13(12)10-14/h3,6-11,16,18H,1-2,4-5H2. The van der Waals surface area contributed by atoms with E-state index in [4.69, 9.17) is 0 Å². The maximum atomic E-state index is 10.4. The van der Waals surface area contributed by atoms with Crippen LogP contribution in [0.1, 0.15) is 41.2 Å². The van der Waals surface area contributed by atoms with Crippen LogP contribution in [0.3, 0.4) is 0 Å². The Kier molecular flexibility index (Phi) is 3.11. The van der Waals surface area contributed by atoms with E-state index in [0.29, 0.717) is 0 Å². The van der Waals surface area contributed by atoms with Crippen molar-refractivity contribution in [3.63, 3.8) is 0 Å². The molecular weight excluding hydrogens is 222 g/mol. The molecule has 0 saturated carbocycles. The molecule has 1 unspecified atom stereocenters. The molecule has 2 heteroatoms. The highest BCUT2D eigenvalue weighted by Crippen LogP contribution is 2.27. The first-order valence-corrected chi connectivity index (χ1v) is 6.54. The lowest BCUT2D eigenvalue weighted by Crippen LogP contribution is -2.06. The van der Waals surface area contributed by atoms with Crippen LogP contribution in [-0.2, 0) is 12.8 Å². The van der Waals surface area contributed by atoms with Gasteiger partial charge in [-0.2, -0.15) is 0 Å². The Bertz CT molecular complexity index is 536. The second-order valence-corrected chi connectivity index (χ2v) is 4.92. The number of rotatable bonds is 2. The third-order valence-electron chi connectivity index (χ3n) is 3.69. The number of hydrogen-bond acceptors (Lipinski definition) is 2. The van der Waals surface area contributed by atoms with Gasteiger partial charge in [-0.3, -0.25) is 4.98 Å². The van der Waals surface area contributed by atoms with E-state index in [9.17, 15) is 5.11 Å². The van der Waals surface area contributed by atoms with Gasteiger partial charge in [0.25, 0.3) is 0 Å². The third kappa shape index (κ3) is 2.16. The summed E-state index contributed by atoms with van der Waals surface area (Å²) in [5, 5.41) is 10.4. The summed E-state index contributed by atoms with van der Waals surface area (Å²) < 4.78 is 0. The zero-order valence-electron chi connectivity index (χ0n) is 10.3. The van der Waals surface area contributed by atoms with Crippen LogP contribution in [0.4, 0.5) is 0 Å². The van der Waals surface area contributed by atoms with E-state index in [1.54, 1.807) is 12.4 Å². The molecule has 1 aliphatic rings. The smallest absolute Gasteiger partial charge is 0.106 e. The van der Waals surface area contributed by atoms with Crippen LogP contribution in [0.2, 0.25) is 0 Å². The van der Waals surface area contributed by atoms with E-state index in [1.807, 2.05) is 18.2 Å². The number of aliphatic hydroxyl groups is 1. The molecular formula is C16H17NO. The SMILES string of the molecule is OC(c1cccnc1)c1ccc2c(c1)CCCC2. The Morgan fingerprint density at radius 1 is 1.00 bits per heavy atom. The maximum absolute atomic E-state index is 10.4. The lowest BCUT2D eigenvalue weighted by molar-refractivity contribution is 0.219. The Morgan fingerprint density at radius 3 is 2.61 bits per heavy atom. The molecule has 0 spiro atoms. The molecule has 0 aliphatic heterocycles. The van der Waals surface area contributed by atoms with Gasteiger partial charge in [0.2, 0.25) is 0 Å². The van der Waals surface area contributed by atoms with Crippen LogP contribution >= 0.6 is 0 Å². The van der Waals surface area contributed by atoms with Crippen molar-refractivity contribution in [3.8, 4) is 0 Å². The van der Waals surface area contributed by atoms with E-state index < -0.39 is 6.10 Å². The Hall–Kier alpha value is -1.67. The monoisotopic (exact) mass is 239 g/mol. The number of aryl methyl sites for hydroxylation is 2. The molecule has 1 aromatic heterocycles. The Labute approximate surface area is 107 Å². The highest BCUT2D eigenvalue weighted by molar-refractivity contribution is 5.37. The molecule has 0 amide bonds. The molecule has 0 fully saturated rings. The quantitative estimate of drug-likeness (QED) is 0.873. The van der Waals surface area contributed by atoms with E-state index in [1.165, 1.54) is 30.4 Å². The molecule has 0 bridgehead atoms. The van der Waals surface area contributed by atoms with Gasteiger partial charge in [0.1, 0.15) is 6.10 Å². The summed E-state index contributed by atoms with van der Waals surface area (Å²) in [5.74, 6) is 0. The van der Waals surface area contributed by atoms with Gasteiger partial charge in [0, 0.05) is 18.0 Å². The molecule has 1 aromatic carbocycles. The van der Waals surface area contributed by atoms with Crippen LogP contribution in [0, 0.1) is 0 Å². The minimum Gasteiger partial charge on any atom is -0.384 e. The molecule has 92 valence electrons. The molecule has 1 heterocycles. The van der Waals surface area contributed by atoms with Crippen molar-refractivity contribution in [2.24, 2.45) is 0 Å². The van der Waals surface area contributed by atoms with Crippen molar-refractivity contribution in [2.45, 2.75) is 31.8 Å². The summed E-state index contributed by atoms with van der Waals surface area (Å²) in [5.41, 5.74) is 4.68. The summed E-state index contributed by atoms with van der Waals surface area (Å²) in [4.78, 5) is 4.06. The van der Waals surface area contributed by atoms with Crippen molar-refractivity contribution in [2.75, 3.05) is 0 Å². The number of benzene rings is 1. The molecule has 0 saturated heterocycles. The second kappa shape index (κ2) is 4.91. The fraction of sp³-hybridized carbons (Fsp3) is 0.312. The minimum atomic E-state index is -0.564. The highest BCUT2D eigenvalue weighted by Gasteiger charge is 2.14. The van der Waals surface area contributed by atoms with Gasteiger partial charge < -0.3 is 5.11 Å². The predicted molar refractivity (Wildman–Crippen MR) is 71.4 cm³/mol. The van der Waals surface area contributed by atoms with Gasteiger partial charge in [0.15, 0.2) is 0 Å². The van der Waals surface area contributed by atoms with Crippen molar-refractivity contribution in [1.82, 2.24) is 4.98 Å². The van der Waals surface area contributed by atoms with Gasteiger partial charge in [-0.05, 0) is 48.4 Å². The zero-order valence-corrected chi connectivity index (χ0v) is 10.3. The normalized spacial score (nSPS) is 16.1. The van der Waals surface area contributed by atoms with Gasteiger partial charge in [-0.25, -0.2) is 0 Å². The number of aromatic nitrogens is 1. The predicted octanol–water partition coefficient (Wildman–Crippen LogP) is 3.04. The van der Waals surface area contributed by atoms with Crippen molar-refractivity contribution >= 4 is 0 Å². The van der Waals surface area contributed by atoms with Crippen molar-refractivity contribution in [3.05, 3.63) is 65.0 Å². The average Bonchev–Trinajstić information content (AvgIpc) is 2.47. The van der Waals surface area contributed by atoms with E-state index in [-0.39, 0.29) is 0 Å². The van der Waals surface area contributed by atoms with Gasteiger partial charge in [0.05, 0.1) is 0 Å². The van der Waals surface area contributed by atoms with Gasteiger partial charge in [-0.15, -0.1) is 0 Å². The Balaban J connectivity index is 1.93. The van der Waals surface area contributed by atoms with Crippen LogP contribution in [-0.4, -0.2) is 10.1 Å². The fourth-order valence-electron chi connectivity index (χ4n) is 2.65.